The summed E-state index contributed by atoms with van der Waals surface area (Å²) in [7, 11) is 0. The van der Waals surface area contributed by atoms with E-state index in [-0.39, 0.29) is 12.2 Å². The molecule has 0 aliphatic carbocycles. The molecule has 0 radical (unpaired) electrons. The number of benzene rings is 2. The zero-order chi connectivity index (χ0) is 27.8. The number of nitrogens with zero attached hydrogens (tertiary/aromatic N) is 4. The summed E-state index contributed by atoms with van der Waals surface area (Å²) in [5, 5.41) is 28.9. The average Bonchev–Trinajstić information content (AvgIpc) is 3.66. The molecule has 0 aliphatic heterocycles. The molecule has 0 aliphatic rings. The van der Waals surface area contributed by atoms with Crippen LogP contribution in [0.4, 0.5) is 11.4 Å². The highest BCUT2D eigenvalue weighted by Crippen LogP contribution is 2.41. The standard InChI is InChI=1S/C32H32N4OS2/c1-4-35(5-2)26-11-7-23(8-12-26)28-15-17-30(38-28)32(25(21-33)22-34)31-18-16-29(39-31)24-9-13-27(14-10-24)36(6-3)19-20-37/h7-18,37H,4-6,19-20H2,1-3H3. The van der Waals surface area contributed by atoms with E-state index in [0.717, 1.165) is 56.0 Å². The molecule has 2 heterocycles. The molecule has 7 heteroatoms. The van der Waals surface area contributed by atoms with Crippen molar-refractivity contribution in [3.63, 3.8) is 0 Å². The quantitative estimate of drug-likeness (QED) is 0.193. The van der Waals surface area contributed by atoms with E-state index in [2.05, 4.69) is 97.3 Å². The van der Waals surface area contributed by atoms with Crippen LogP contribution < -0.4 is 9.80 Å². The Balaban J connectivity index is 1.64. The van der Waals surface area contributed by atoms with Gasteiger partial charge >= 0.3 is 0 Å². The van der Waals surface area contributed by atoms with E-state index in [9.17, 15) is 15.6 Å². The van der Waals surface area contributed by atoms with Gasteiger partial charge in [-0.2, -0.15) is 10.5 Å². The van der Waals surface area contributed by atoms with E-state index in [1.807, 2.05) is 18.2 Å². The molecule has 4 aromatic rings. The maximum Gasteiger partial charge on any atom is 0.139 e. The first kappa shape index (κ1) is 28.1. The number of anilines is 2. The van der Waals surface area contributed by atoms with Crippen LogP contribution in [0.25, 0.3) is 26.5 Å². The molecule has 0 saturated heterocycles. The van der Waals surface area contributed by atoms with Gasteiger partial charge in [0.1, 0.15) is 17.7 Å². The fraction of sp³-hybridized carbons (Fsp3) is 0.250. The second kappa shape index (κ2) is 13.3. The number of allylic oxidation sites excluding steroid dienone is 1. The molecule has 0 atom stereocenters. The summed E-state index contributed by atoms with van der Waals surface area (Å²) in [6.07, 6.45) is 0. The lowest BCUT2D eigenvalue weighted by molar-refractivity contribution is 0.302. The average molecular weight is 553 g/mol. The molecule has 0 spiro atoms. The monoisotopic (exact) mass is 552 g/mol. The fourth-order valence-electron chi connectivity index (χ4n) is 4.61. The van der Waals surface area contributed by atoms with E-state index in [1.54, 1.807) is 22.7 Å². The molecular weight excluding hydrogens is 521 g/mol. The molecular formula is C32H32N4OS2. The van der Waals surface area contributed by atoms with Crippen molar-refractivity contribution < 1.29 is 5.11 Å². The van der Waals surface area contributed by atoms with Gasteiger partial charge in [-0.25, -0.2) is 0 Å². The lowest BCUT2D eigenvalue weighted by Crippen LogP contribution is -2.25. The Kier molecular flexibility index (Phi) is 9.57. The number of likely N-dealkylation sites (N-methyl/N-ethyl adjacent to an activating group) is 1. The largest absolute Gasteiger partial charge is 0.395 e. The molecule has 198 valence electrons. The van der Waals surface area contributed by atoms with Crippen molar-refractivity contribution in [1.82, 2.24) is 0 Å². The number of aliphatic hydroxyl groups is 1. The number of aliphatic hydroxyl groups excluding tert-OH is 1. The van der Waals surface area contributed by atoms with Crippen LogP contribution in [0.2, 0.25) is 0 Å². The highest BCUT2D eigenvalue weighted by atomic mass is 32.1. The topological polar surface area (TPSA) is 74.3 Å². The number of thiophene rings is 2. The van der Waals surface area contributed by atoms with Gasteiger partial charge in [0.15, 0.2) is 0 Å². The van der Waals surface area contributed by atoms with Gasteiger partial charge in [-0.1, -0.05) is 24.3 Å². The molecule has 1 N–H and O–H groups in total. The highest BCUT2D eigenvalue weighted by molar-refractivity contribution is 7.19. The van der Waals surface area contributed by atoms with Crippen LogP contribution in [-0.4, -0.2) is 37.9 Å². The van der Waals surface area contributed by atoms with Gasteiger partial charge in [-0.05, 0) is 80.4 Å². The maximum atomic E-state index is 9.80. The van der Waals surface area contributed by atoms with E-state index in [1.165, 1.54) is 5.69 Å². The van der Waals surface area contributed by atoms with Crippen molar-refractivity contribution in [2.24, 2.45) is 0 Å². The minimum atomic E-state index is 0.116. The van der Waals surface area contributed by atoms with Crippen LogP contribution in [0.5, 0.6) is 0 Å². The molecule has 0 fully saturated rings. The minimum Gasteiger partial charge on any atom is -0.395 e. The summed E-state index contributed by atoms with van der Waals surface area (Å²) in [5.74, 6) is 0. The number of hydrogen-bond donors (Lipinski definition) is 1. The first-order valence-electron chi connectivity index (χ1n) is 13.1. The van der Waals surface area contributed by atoms with Gasteiger partial charge in [0, 0.05) is 62.6 Å². The van der Waals surface area contributed by atoms with E-state index in [0.29, 0.717) is 12.1 Å². The van der Waals surface area contributed by atoms with Gasteiger partial charge < -0.3 is 14.9 Å². The Hall–Kier alpha value is -3.88. The zero-order valence-electron chi connectivity index (χ0n) is 22.5. The van der Waals surface area contributed by atoms with Crippen molar-refractivity contribution in [1.29, 1.82) is 10.5 Å². The van der Waals surface area contributed by atoms with Crippen molar-refractivity contribution in [3.05, 3.63) is 88.1 Å². The highest BCUT2D eigenvalue weighted by Gasteiger charge is 2.18. The number of rotatable bonds is 11. The fourth-order valence-corrected chi connectivity index (χ4v) is 6.83. The Bertz CT molecular complexity index is 1480. The molecule has 4 rings (SSSR count). The van der Waals surface area contributed by atoms with E-state index < -0.39 is 0 Å². The summed E-state index contributed by atoms with van der Waals surface area (Å²) < 4.78 is 0. The van der Waals surface area contributed by atoms with Crippen LogP contribution in [0, 0.1) is 22.7 Å². The second-order valence-corrected chi connectivity index (χ2v) is 11.0. The van der Waals surface area contributed by atoms with Crippen LogP contribution in [-0.2, 0) is 0 Å². The second-order valence-electron chi connectivity index (χ2n) is 8.87. The van der Waals surface area contributed by atoms with Gasteiger partial charge in [0.25, 0.3) is 0 Å². The van der Waals surface area contributed by atoms with Crippen LogP contribution in [0.1, 0.15) is 30.5 Å². The lowest BCUT2D eigenvalue weighted by Gasteiger charge is -2.22. The maximum absolute atomic E-state index is 9.80. The minimum absolute atomic E-state index is 0.116. The SMILES string of the molecule is CCN(CC)c1ccc(-c2ccc(C(=C(C#N)C#N)c3ccc(-c4ccc(N(CC)CCO)cc4)s3)s2)cc1. The molecule has 0 saturated carbocycles. The van der Waals surface area contributed by atoms with Gasteiger partial charge in [-0.3, -0.25) is 0 Å². The third-order valence-corrected chi connectivity index (χ3v) is 9.03. The molecule has 39 heavy (non-hydrogen) atoms. The predicted molar refractivity (Wildman–Crippen MR) is 165 cm³/mol. The summed E-state index contributed by atoms with van der Waals surface area (Å²) in [6, 6.07) is 29.2. The number of hydrogen-bond acceptors (Lipinski definition) is 7. The molecule has 0 amide bonds. The van der Waals surface area contributed by atoms with Crippen molar-refractivity contribution in [2.45, 2.75) is 20.8 Å². The third kappa shape index (κ3) is 6.24. The molecule has 0 unspecified atom stereocenters. The molecule has 2 aromatic carbocycles. The first-order valence-corrected chi connectivity index (χ1v) is 14.8. The van der Waals surface area contributed by atoms with Crippen molar-refractivity contribution in [3.8, 4) is 33.0 Å². The number of nitriles is 2. The van der Waals surface area contributed by atoms with Crippen LogP contribution in [0.15, 0.2) is 78.4 Å². The predicted octanol–water partition coefficient (Wildman–Crippen LogP) is 7.66. The first-order chi connectivity index (χ1) is 19.1. The van der Waals surface area contributed by atoms with E-state index in [4.69, 9.17) is 0 Å². The summed E-state index contributed by atoms with van der Waals surface area (Å²) in [6.45, 7) is 9.85. The zero-order valence-corrected chi connectivity index (χ0v) is 24.1. The lowest BCUT2D eigenvalue weighted by atomic mass is 10.1. The van der Waals surface area contributed by atoms with Gasteiger partial charge in [-0.15, -0.1) is 22.7 Å². The summed E-state index contributed by atoms with van der Waals surface area (Å²) >= 11 is 3.18. The van der Waals surface area contributed by atoms with Crippen LogP contribution >= 0.6 is 22.7 Å². The molecule has 5 nitrogen and oxygen atoms in total. The van der Waals surface area contributed by atoms with Gasteiger partial charge in [0.2, 0.25) is 0 Å². The van der Waals surface area contributed by atoms with Crippen molar-refractivity contribution >= 4 is 39.6 Å². The van der Waals surface area contributed by atoms with Gasteiger partial charge in [0.05, 0.1) is 6.61 Å². The smallest absolute Gasteiger partial charge is 0.139 e. The Morgan fingerprint density at radius 2 is 1.10 bits per heavy atom. The molecule has 2 aromatic heterocycles. The molecule has 0 bridgehead atoms. The summed E-state index contributed by atoms with van der Waals surface area (Å²) in [4.78, 5) is 8.41. The van der Waals surface area contributed by atoms with Crippen LogP contribution in [0.3, 0.4) is 0 Å². The Morgan fingerprint density at radius 3 is 1.49 bits per heavy atom. The Morgan fingerprint density at radius 1 is 0.667 bits per heavy atom. The third-order valence-electron chi connectivity index (χ3n) is 6.73. The summed E-state index contributed by atoms with van der Waals surface area (Å²) in [5.41, 5.74) is 5.26. The van der Waals surface area contributed by atoms with Crippen molar-refractivity contribution in [2.75, 3.05) is 42.6 Å². The Labute approximate surface area is 239 Å². The normalized spacial score (nSPS) is 10.5. The van der Waals surface area contributed by atoms with E-state index >= 15 is 0 Å².